The standard InChI is InChI=1S/C14H26N2O3S/c1-9(2)10(13(17)18)8-15-14(19)16-11-6-4-5-7-12(11)20-3/h9-12H,4-8H2,1-3H3,(H,17,18)(H2,15,16,19). The molecule has 0 saturated heterocycles. The van der Waals surface area contributed by atoms with Gasteiger partial charge in [0.1, 0.15) is 0 Å². The Kier molecular flexibility index (Phi) is 7.19. The van der Waals surface area contributed by atoms with Gasteiger partial charge in [0, 0.05) is 17.8 Å². The number of hydrogen-bond donors (Lipinski definition) is 3. The van der Waals surface area contributed by atoms with Crippen molar-refractivity contribution in [2.75, 3.05) is 12.8 Å². The summed E-state index contributed by atoms with van der Waals surface area (Å²) in [6.45, 7) is 3.88. The number of nitrogens with one attached hydrogen (secondary N) is 2. The van der Waals surface area contributed by atoms with Crippen LogP contribution in [0.25, 0.3) is 0 Å². The van der Waals surface area contributed by atoms with E-state index in [2.05, 4.69) is 16.9 Å². The van der Waals surface area contributed by atoms with Crippen molar-refractivity contribution in [2.24, 2.45) is 11.8 Å². The highest BCUT2D eigenvalue weighted by molar-refractivity contribution is 7.99. The summed E-state index contributed by atoms with van der Waals surface area (Å²) in [5.41, 5.74) is 0. The van der Waals surface area contributed by atoms with Crippen LogP contribution < -0.4 is 10.6 Å². The van der Waals surface area contributed by atoms with Crippen molar-refractivity contribution in [1.29, 1.82) is 0 Å². The molecule has 5 nitrogen and oxygen atoms in total. The van der Waals surface area contributed by atoms with Gasteiger partial charge in [0.2, 0.25) is 0 Å². The lowest BCUT2D eigenvalue weighted by molar-refractivity contribution is -0.142. The first-order chi connectivity index (χ1) is 9.45. The van der Waals surface area contributed by atoms with Gasteiger partial charge in [-0.05, 0) is 25.0 Å². The Labute approximate surface area is 125 Å². The highest BCUT2D eigenvalue weighted by Gasteiger charge is 2.27. The first kappa shape index (κ1) is 17.1. The number of rotatable bonds is 6. The van der Waals surface area contributed by atoms with Crippen LogP contribution in [-0.4, -0.2) is 41.2 Å². The molecular weight excluding hydrogens is 276 g/mol. The van der Waals surface area contributed by atoms with E-state index in [0.717, 1.165) is 19.3 Å². The van der Waals surface area contributed by atoms with Crippen LogP contribution >= 0.6 is 11.8 Å². The van der Waals surface area contributed by atoms with E-state index in [9.17, 15) is 9.59 Å². The molecule has 1 aliphatic carbocycles. The first-order valence-electron chi connectivity index (χ1n) is 7.25. The van der Waals surface area contributed by atoms with Gasteiger partial charge in [0.15, 0.2) is 0 Å². The minimum atomic E-state index is -0.861. The highest BCUT2D eigenvalue weighted by Crippen LogP contribution is 2.27. The monoisotopic (exact) mass is 302 g/mol. The molecule has 3 N–H and O–H groups in total. The third-order valence-electron chi connectivity index (χ3n) is 3.93. The first-order valence-corrected chi connectivity index (χ1v) is 8.54. The Balaban J connectivity index is 2.40. The van der Waals surface area contributed by atoms with Crippen LogP contribution in [0.2, 0.25) is 0 Å². The van der Waals surface area contributed by atoms with Crippen molar-refractivity contribution in [2.45, 2.75) is 50.8 Å². The second-order valence-corrected chi connectivity index (χ2v) is 6.79. The predicted octanol–water partition coefficient (Wildman–Crippen LogP) is 2.32. The van der Waals surface area contributed by atoms with E-state index in [0.29, 0.717) is 5.25 Å². The van der Waals surface area contributed by atoms with E-state index in [4.69, 9.17) is 5.11 Å². The normalized spacial score (nSPS) is 24.2. The summed E-state index contributed by atoms with van der Waals surface area (Å²) in [6, 6.07) is -0.0519. The Hall–Kier alpha value is -0.910. The van der Waals surface area contributed by atoms with Gasteiger partial charge in [-0.2, -0.15) is 11.8 Å². The van der Waals surface area contributed by atoms with Crippen molar-refractivity contribution < 1.29 is 14.7 Å². The Bertz CT molecular complexity index is 336. The molecule has 2 amide bonds. The number of carboxylic acid groups (broad SMARTS) is 1. The topological polar surface area (TPSA) is 78.4 Å². The molecule has 1 rings (SSSR count). The number of amides is 2. The molecule has 20 heavy (non-hydrogen) atoms. The number of hydrogen-bond acceptors (Lipinski definition) is 3. The van der Waals surface area contributed by atoms with Crippen LogP contribution in [0.4, 0.5) is 4.79 Å². The zero-order valence-corrected chi connectivity index (χ0v) is 13.3. The summed E-state index contributed by atoms with van der Waals surface area (Å²) in [7, 11) is 0. The molecule has 116 valence electrons. The maximum Gasteiger partial charge on any atom is 0.315 e. The van der Waals surface area contributed by atoms with Crippen molar-refractivity contribution in [3.63, 3.8) is 0 Å². The molecule has 0 aromatic heterocycles. The van der Waals surface area contributed by atoms with Gasteiger partial charge in [0.25, 0.3) is 0 Å². The van der Waals surface area contributed by atoms with E-state index in [1.54, 1.807) is 11.8 Å². The lowest BCUT2D eigenvalue weighted by atomic mass is 9.95. The molecule has 3 unspecified atom stereocenters. The van der Waals surface area contributed by atoms with E-state index >= 15 is 0 Å². The average Bonchev–Trinajstić information content (AvgIpc) is 2.38. The van der Waals surface area contributed by atoms with Gasteiger partial charge in [-0.15, -0.1) is 0 Å². The zero-order chi connectivity index (χ0) is 15.1. The Morgan fingerprint density at radius 2 is 1.95 bits per heavy atom. The lowest BCUT2D eigenvalue weighted by Gasteiger charge is -2.31. The van der Waals surface area contributed by atoms with Crippen LogP contribution in [0.1, 0.15) is 39.5 Å². The van der Waals surface area contributed by atoms with Crippen molar-refractivity contribution in [3.05, 3.63) is 0 Å². The molecule has 1 fully saturated rings. The van der Waals surface area contributed by atoms with Gasteiger partial charge < -0.3 is 15.7 Å². The summed E-state index contributed by atoms with van der Waals surface area (Å²) in [5.74, 6) is -1.40. The van der Waals surface area contributed by atoms with Gasteiger partial charge in [0.05, 0.1) is 5.92 Å². The molecule has 0 radical (unpaired) electrons. The van der Waals surface area contributed by atoms with Gasteiger partial charge in [-0.1, -0.05) is 26.7 Å². The van der Waals surface area contributed by atoms with Crippen LogP contribution in [-0.2, 0) is 4.79 Å². The van der Waals surface area contributed by atoms with Gasteiger partial charge in [-0.25, -0.2) is 4.79 Å². The van der Waals surface area contributed by atoms with Crippen molar-refractivity contribution in [1.82, 2.24) is 10.6 Å². The number of carbonyl (C=O) groups is 2. The number of thioether (sulfide) groups is 1. The molecule has 1 aliphatic rings. The lowest BCUT2D eigenvalue weighted by Crippen LogP contribution is -2.49. The minimum absolute atomic E-state index is 0.00132. The second-order valence-electron chi connectivity index (χ2n) is 5.71. The van der Waals surface area contributed by atoms with Crippen molar-refractivity contribution >= 4 is 23.8 Å². The average molecular weight is 302 g/mol. The molecular formula is C14H26N2O3S. The predicted molar refractivity (Wildman–Crippen MR) is 82.1 cm³/mol. The molecule has 0 spiro atoms. The van der Waals surface area contributed by atoms with Crippen molar-refractivity contribution in [3.8, 4) is 0 Å². The second kappa shape index (κ2) is 8.39. The summed E-state index contributed by atoms with van der Waals surface area (Å²) >= 11 is 1.79. The smallest absolute Gasteiger partial charge is 0.315 e. The van der Waals surface area contributed by atoms with E-state index in [1.807, 2.05) is 13.8 Å². The SMILES string of the molecule is CSC1CCCCC1NC(=O)NCC(C(=O)O)C(C)C. The highest BCUT2D eigenvalue weighted by atomic mass is 32.2. The fourth-order valence-corrected chi connectivity index (χ4v) is 3.51. The maximum atomic E-state index is 11.9. The molecule has 0 aliphatic heterocycles. The number of carboxylic acids is 1. The Morgan fingerprint density at radius 1 is 1.30 bits per heavy atom. The van der Waals surface area contributed by atoms with E-state index in [1.165, 1.54) is 6.42 Å². The summed E-state index contributed by atoms with van der Waals surface area (Å²) in [4.78, 5) is 23.0. The van der Waals surface area contributed by atoms with E-state index < -0.39 is 11.9 Å². The number of urea groups is 1. The fourth-order valence-electron chi connectivity index (χ4n) is 2.57. The maximum absolute atomic E-state index is 11.9. The third kappa shape index (κ3) is 5.23. The van der Waals surface area contributed by atoms with Gasteiger partial charge in [-0.3, -0.25) is 4.79 Å². The molecule has 0 aromatic rings. The van der Waals surface area contributed by atoms with Crippen LogP contribution in [0.3, 0.4) is 0 Å². The Morgan fingerprint density at radius 3 is 2.50 bits per heavy atom. The van der Waals surface area contributed by atoms with Crippen LogP contribution in [0.15, 0.2) is 0 Å². The fraction of sp³-hybridized carbons (Fsp3) is 0.857. The molecule has 0 bridgehead atoms. The molecule has 0 aromatic carbocycles. The number of aliphatic carboxylic acids is 1. The largest absolute Gasteiger partial charge is 0.481 e. The number of carbonyl (C=O) groups excluding carboxylic acids is 1. The van der Waals surface area contributed by atoms with E-state index in [-0.39, 0.29) is 24.5 Å². The minimum Gasteiger partial charge on any atom is -0.481 e. The molecule has 3 atom stereocenters. The summed E-state index contributed by atoms with van der Waals surface area (Å²) in [5, 5.41) is 15.2. The van der Waals surface area contributed by atoms with Crippen LogP contribution in [0, 0.1) is 11.8 Å². The third-order valence-corrected chi connectivity index (χ3v) is 5.10. The zero-order valence-electron chi connectivity index (χ0n) is 12.5. The molecule has 0 heterocycles. The molecule has 1 saturated carbocycles. The quantitative estimate of drug-likeness (QED) is 0.703. The van der Waals surface area contributed by atoms with Gasteiger partial charge >= 0.3 is 12.0 Å². The summed E-state index contributed by atoms with van der Waals surface area (Å²) < 4.78 is 0. The molecule has 6 heteroatoms. The van der Waals surface area contributed by atoms with Crippen LogP contribution in [0.5, 0.6) is 0 Å². The summed E-state index contributed by atoms with van der Waals surface area (Å²) in [6.07, 6.45) is 6.58.